The molecule has 4 aromatic rings. The maximum atomic E-state index is 12.4. The number of anilines is 1. The molecule has 0 fully saturated rings. The van der Waals surface area contributed by atoms with E-state index in [2.05, 4.69) is 34.1 Å². The van der Waals surface area contributed by atoms with E-state index in [1.807, 2.05) is 47.0 Å². The fraction of sp³-hybridized carbons (Fsp3) is 0.211. The highest BCUT2D eigenvalue weighted by atomic mass is 16.1. The summed E-state index contributed by atoms with van der Waals surface area (Å²) >= 11 is 0. The third kappa shape index (κ3) is 2.98. The van der Waals surface area contributed by atoms with Crippen molar-refractivity contribution in [3.8, 4) is 0 Å². The van der Waals surface area contributed by atoms with Crippen LogP contribution in [0.3, 0.4) is 0 Å². The van der Waals surface area contributed by atoms with Crippen LogP contribution in [0.4, 0.5) is 5.69 Å². The molecule has 0 aliphatic heterocycles. The van der Waals surface area contributed by atoms with Crippen LogP contribution < -0.4 is 5.32 Å². The Morgan fingerprint density at radius 3 is 2.88 bits per heavy atom. The molecule has 0 spiro atoms. The van der Waals surface area contributed by atoms with Crippen molar-refractivity contribution >= 4 is 33.7 Å². The molecule has 0 saturated carbocycles. The summed E-state index contributed by atoms with van der Waals surface area (Å²) in [4.78, 5) is 24.5. The van der Waals surface area contributed by atoms with E-state index in [1.165, 1.54) is 0 Å². The zero-order valence-electron chi connectivity index (χ0n) is 14.2. The van der Waals surface area contributed by atoms with Gasteiger partial charge in [0.1, 0.15) is 12.4 Å². The van der Waals surface area contributed by atoms with E-state index in [-0.39, 0.29) is 12.5 Å². The minimum Gasteiger partial charge on any atom is -0.342 e. The number of para-hydroxylation sites is 2. The predicted octanol–water partition coefficient (Wildman–Crippen LogP) is 3.67. The summed E-state index contributed by atoms with van der Waals surface area (Å²) < 4.78 is 1.84. The lowest BCUT2D eigenvalue weighted by Gasteiger charge is -2.07. The van der Waals surface area contributed by atoms with Gasteiger partial charge in [0.2, 0.25) is 5.91 Å². The number of nitrogens with zero attached hydrogens (tertiary/aromatic N) is 3. The standard InChI is InChI=1S/C19H19N5O/c1-12(2)19-22-14-8-7-13(9-16(14)23-19)21-18(25)10-24-11-20-15-5-3-4-6-17(15)24/h3-9,11-12H,10H2,1-2H3,(H,21,25)(H,22,23). The number of imidazole rings is 2. The van der Waals surface area contributed by atoms with Crippen LogP contribution in [0.5, 0.6) is 0 Å². The molecule has 2 heterocycles. The van der Waals surface area contributed by atoms with Gasteiger partial charge in [-0.3, -0.25) is 4.79 Å². The molecule has 6 heteroatoms. The molecular formula is C19H19N5O. The smallest absolute Gasteiger partial charge is 0.244 e. The van der Waals surface area contributed by atoms with Gasteiger partial charge in [0.05, 0.1) is 28.4 Å². The Bertz CT molecular complexity index is 1060. The molecule has 25 heavy (non-hydrogen) atoms. The van der Waals surface area contributed by atoms with Crippen molar-refractivity contribution in [1.82, 2.24) is 19.5 Å². The van der Waals surface area contributed by atoms with E-state index in [0.717, 1.165) is 33.6 Å². The molecule has 0 saturated heterocycles. The summed E-state index contributed by atoms with van der Waals surface area (Å²) in [6, 6.07) is 13.5. The molecule has 2 aromatic heterocycles. The number of aromatic amines is 1. The third-order valence-corrected chi connectivity index (χ3v) is 4.17. The number of hydrogen-bond donors (Lipinski definition) is 2. The molecule has 0 radical (unpaired) electrons. The lowest BCUT2D eigenvalue weighted by molar-refractivity contribution is -0.116. The normalized spacial score (nSPS) is 11.5. The van der Waals surface area contributed by atoms with Crippen LogP contribution in [-0.2, 0) is 11.3 Å². The largest absolute Gasteiger partial charge is 0.342 e. The van der Waals surface area contributed by atoms with Crippen molar-refractivity contribution in [3.63, 3.8) is 0 Å². The fourth-order valence-electron chi connectivity index (χ4n) is 2.87. The second kappa shape index (κ2) is 6.05. The molecule has 6 nitrogen and oxygen atoms in total. The number of aromatic nitrogens is 4. The number of H-pyrrole nitrogens is 1. The van der Waals surface area contributed by atoms with Crippen molar-refractivity contribution < 1.29 is 4.79 Å². The van der Waals surface area contributed by atoms with Crippen LogP contribution in [0, 0.1) is 0 Å². The number of rotatable bonds is 4. The van der Waals surface area contributed by atoms with Crippen LogP contribution in [-0.4, -0.2) is 25.4 Å². The molecule has 4 rings (SSSR count). The molecule has 2 N–H and O–H groups in total. The molecule has 0 atom stereocenters. The lowest BCUT2D eigenvalue weighted by Crippen LogP contribution is -2.18. The molecule has 2 aromatic carbocycles. The first-order valence-corrected chi connectivity index (χ1v) is 8.29. The van der Waals surface area contributed by atoms with Crippen LogP contribution >= 0.6 is 0 Å². The SMILES string of the molecule is CC(C)c1nc2ccc(NC(=O)Cn3cnc4ccccc43)cc2[nH]1. The molecular weight excluding hydrogens is 314 g/mol. The maximum absolute atomic E-state index is 12.4. The van der Waals surface area contributed by atoms with Crippen molar-refractivity contribution in [1.29, 1.82) is 0 Å². The quantitative estimate of drug-likeness (QED) is 0.598. The van der Waals surface area contributed by atoms with Crippen molar-refractivity contribution in [2.24, 2.45) is 0 Å². The van der Waals surface area contributed by atoms with Gasteiger partial charge in [0.25, 0.3) is 0 Å². The number of amides is 1. The topological polar surface area (TPSA) is 75.6 Å². The van der Waals surface area contributed by atoms with E-state index in [9.17, 15) is 4.79 Å². The Labute approximate surface area is 144 Å². The molecule has 0 bridgehead atoms. The van der Waals surface area contributed by atoms with Gasteiger partial charge in [0, 0.05) is 11.6 Å². The highest BCUT2D eigenvalue weighted by Gasteiger charge is 2.10. The van der Waals surface area contributed by atoms with Crippen LogP contribution in [0.15, 0.2) is 48.8 Å². The summed E-state index contributed by atoms with van der Waals surface area (Å²) in [5, 5.41) is 2.94. The Morgan fingerprint density at radius 1 is 1.20 bits per heavy atom. The summed E-state index contributed by atoms with van der Waals surface area (Å²) in [6.07, 6.45) is 1.69. The van der Waals surface area contributed by atoms with Crippen molar-refractivity contribution in [3.05, 3.63) is 54.6 Å². The second-order valence-corrected chi connectivity index (χ2v) is 6.42. The minimum atomic E-state index is -0.0916. The summed E-state index contributed by atoms with van der Waals surface area (Å²) in [7, 11) is 0. The average molecular weight is 333 g/mol. The molecule has 1 amide bonds. The van der Waals surface area contributed by atoms with Gasteiger partial charge in [-0.25, -0.2) is 9.97 Å². The Hall–Kier alpha value is -3.15. The number of nitrogens with one attached hydrogen (secondary N) is 2. The summed E-state index contributed by atoms with van der Waals surface area (Å²) in [5.41, 5.74) is 4.41. The maximum Gasteiger partial charge on any atom is 0.244 e. The summed E-state index contributed by atoms with van der Waals surface area (Å²) in [6.45, 7) is 4.41. The Kier molecular flexibility index (Phi) is 3.72. The highest BCUT2D eigenvalue weighted by Crippen LogP contribution is 2.20. The lowest BCUT2D eigenvalue weighted by atomic mass is 10.2. The Balaban J connectivity index is 1.53. The third-order valence-electron chi connectivity index (χ3n) is 4.17. The van der Waals surface area contributed by atoms with Crippen LogP contribution in [0.1, 0.15) is 25.6 Å². The van der Waals surface area contributed by atoms with E-state index < -0.39 is 0 Å². The zero-order valence-corrected chi connectivity index (χ0v) is 14.2. The van der Waals surface area contributed by atoms with E-state index in [0.29, 0.717) is 5.92 Å². The van der Waals surface area contributed by atoms with Gasteiger partial charge in [0.15, 0.2) is 0 Å². The van der Waals surface area contributed by atoms with E-state index >= 15 is 0 Å². The van der Waals surface area contributed by atoms with Crippen LogP contribution in [0.25, 0.3) is 22.1 Å². The van der Waals surface area contributed by atoms with Crippen LogP contribution in [0.2, 0.25) is 0 Å². The first-order valence-electron chi connectivity index (χ1n) is 8.29. The number of carbonyl (C=O) groups is 1. The second-order valence-electron chi connectivity index (χ2n) is 6.42. The number of fused-ring (bicyclic) bond motifs is 2. The van der Waals surface area contributed by atoms with Gasteiger partial charge in [-0.2, -0.15) is 0 Å². The predicted molar refractivity (Wildman–Crippen MR) is 98.5 cm³/mol. The fourth-order valence-corrected chi connectivity index (χ4v) is 2.87. The van der Waals surface area contributed by atoms with Gasteiger partial charge >= 0.3 is 0 Å². The average Bonchev–Trinajstić information content (AvgIpc) is 3.19. The Morgan fingerprint density at radius 2 is 2.04 bits per heavy atom. The minimum absolute atomic E-state index is 0.0916. The molecule has 0 aliphatic rings. The van der Waals surface area contributed by atoms with Crippen molar-refractivity contribution in [2.45, 2.75) is 26.3 Å². The van der Waals surface area contributed by atoms with Gasteiger partial charge < -0.3 is 14.9 Å². The van der Waals surface area contributed by atoms with Gasteiger partial charge in [-0.05, 0) is 30.3 Å². The molecule has 126 valence electrons. The van der Waals surface area contributed by atoms with E-state index in [4.69, 9.17) is 0 Å². The first-order chi connectivity index (χ1) is 12.1. The van der Waals surface area contributed by atoms with Gasteiger partial charge in [-0.1, -0.05) is 26.0 Å². The zero-order chi connectivity index (χ0) is 17.4. The first kappa shape index (κ1) is 15.4. The number of benzene rings is 2. The number of carbonyl (C=O) groups excluding carboxylic acids is 1. The molecule has 0 unspecified atom stereocenters. The number of hydrogen-bond acceptors (Lipinski definition) is 3. The summed E-state index contributed by atoms with van der Waals surface area (Å²) in [5.74, 6) is 1.19. The molecule has 0 aliphatic carbocycles. The van der Waals surface area contributed by atoms with E-state index in [1.54, 1.807) is 6.33 Å². The highest BCUT2D eigenvalue weighted by molar-refractivity contribution is 5.93. The van der Waals surface area contributed by atoms with Crippen molar-refractivity contribution in [2.75, 3.05) is 5.32 Å². The monoisotopic (exact) mass is 333 g/mol. The van der Waals surface area contributed by atoms with Gasteiger partial charge in [-0.15, -0.1) is 0 Å².